The fourth-order valence-corrected chi connectivity index (χ4v) is 2.29. The third-order valence-corrected chi connectivity index (χ3v) is 3.51. The van der Waals surface area contributed by atoms with Crippen LogP contribution in [0.4, 0.5) is 0 Å². The van der Waals surface area contributed by atoms with Crippen LogP contribution in [0.25, 0.3) is 17.1 Å². The van der Waals surface area contributed by atoms with Crippen molar-refractivity contribution in [3.8, 4) is 0 Å². The van der Waals surface area contributed by atoms with Crippen LogP contribution in [0.2, 0.25) is 0 Å². The molecule has 0 N–H and O–H groups in total. The van der Waals surface area contributed by atoms with Crippen molar-refractivity contribution in [2.24, 2.45) is 7.05 Å². The molecule has 0 bridgehead atoms. The number of aromatic nitrogens is 2. The van der Waals surface area contributed by atoms with E-state index in [2.05, 4.69) is 4.98 Å². The molecule has 0 aliphatic rings. The fraction of sp³-hybridized carbons (Fsp3) is 0.111. The lowest BCUT2D eigenvalue weighted by molar-refractivity contribution is 0.103. The van der Waals surface area contributed by atoms with E-state index in [0.29, 0.717) is 5.82 Å². The summed E-state index contributed by atoms with van der Waals surface area (Å²) in [6, 6.07) is 15.8. The molecular weight excluding hydrogens is 260 g/mol. The molecule has 3 rings (SSSR count). The maximum atomic E-state index is 12.3. The van der Waals surface area contributed by atoms with Gasteiger partial charge in [0, 0.05) is 7.05 Å². The topological polar surface area (TPSA) is 34.9 Å². The molecule has 0 saturated heterocycles. The molecule has 0 spiro atoms. The van der Waals surface area contributed by atoms with Crippen LogP contribution in [0.15, 0.2) is 54.6 Å². The van der Waals surface area contributed by atoms with Gasteiger partial charge in [-0.05, 0) is 30.7 Å². The van der Waals surface area contributed by atoms with Gasteiger partial charge in [-0.2, -0.15) is 0 Å². The predicted octanol–water partition coefficient (Wildman–Crippen LogP) is 3.78. The SMILES string of the molecule is Cc1ccc(/C=C/C(=O)c2nc3ccccc3n2C)cc1. The zero-order valence-corrected chi connectivity index (χ0v) is 12.1. The molecule has 1 aromatic heterocycles. The Hall–Kier alpha value is -2.68. The summed E-state index contributed by atoms with van der Waals surface area (Å²) in [6.45, 7) is 2.04. The first-order valence-electron chi connectivity index (χ1n) is 6.86. The van der Waals surface area contributed by atoms with Crippen molar-refractivity contribution in [3.05, 3.63) is 71.6 Å². The third-order valence-electron chi connectivity index (χ3n) is 3.51. The van der Waals surface area contributed by atoms with Crippen molar-refractivity contribution in [1.29, 1.82) is 0 Å². The molecule has 3 aromatic rings. The number of allylic oxidation sites excluding steroid dienone is 1. The van der Waals surface area contributed by atoms with E-state index in [-0.39, 0.29) is 5.78 Å². The van der Waals surface area contributed by atoms with Gasteiger partial charge in [-0.15, -0.1) is 0 Å². The number of ketones is 1. The molecule has 3 nitrogen and oxygen atoms in total. The van der Waals surface area contributed by atoms with Gasteiger partial charge in [0.15, 0.2) is 5.82 Å². The Morgan fingerprint density at radius 2 is 1.81 bits per heavy atom. The Morgan fingerprint density at radius 3 is 2.52 bits per heavy atom. The number of imidazole rings is 1. The molecule has 0 radical (unpaired) electrons. The molecule has 0 fully saturated rings. The summed E-state index contributed by atoms with van der Waals surface area (Å²) in [5, 5.41) is 0. The molecule has 2 aromatic carbocycles. The third kappa shape index (κ3) is 2.63. The molecule has 0 aliphatic carbocycles. The van der Waals surface area contributed by atoms with Crippen LogP contribution in [-0.4, -0.2) is 15.3 Å². The normalized spacial score (nSPS) is 11.3. The smallest absolute Gasteiger partial charge is 0.221 e. The van der Waals surface area contributed by atoms with Crippen molar-refractivity contribution in [2.75, 3.05) is 0 Å². The van der Waals surface area contributed by atoms with Crippen LogP contribution >= 0.6 is 0 Å². The predicted molar refractivity (Wildman–Crippen MR) is 85.3 cm³/mol. The van der Waals surface area contributed by atoms with Gasteiger partial charge >= 0.3 is 0 Å². The molecule has 3 heteroatoms. The summed E-state index contributed by atoms with van der Waals surface area (Å²) in [5.41, 5.74) is 4.01. The van der Waals surface area contributed by atoms with E-state index in [1.807, 2.05) is 73.1 Å². The number of hydrogen-bond donors (Lipinski definition) is 0. The van der Waals surface area contributed by atoms with E-state index in [9.17, 15) is 4.79 Å². The quantitative estimate of drug-likeness (QED) is 0.539. The minimum absolute atomic E-state index is 0.0886. The van der Waals surface area contributed by atoms with E-state index in [1.54, 1.807) is 6.08 Å². The van der Waals surface area contributed by atoms with Gasteiger partial charge in [0.25, 0.3) is 0 Å². The lowest BCUT2D eigenvalue weighted by Gasteiger charge is -1.98. The number of benzene rings is 2. The van der Waals surface area contributed by atoms with E-state index >= 15 is 0 Å². The van der Waals surface area contributed by atoms with Gasteiger partial charge in [0.05, 0.1) is 11.0 Å². The largest absolute Gasteiger partial charge is 0.324 e. The average Bonchev–Trinajstić information content (AvgIpc) is 2.84. The van der Waals surface area contributed by atoms with Crippen molar-refractivity contribution in [1.82, 2.24) is 9.55 Å². The lowest BCUT2D eigenvalue weighted by Crippen LogP contribution is -2.04. The summed E-state index contributed by atoms with van der Waals surface area (Å²) in [4.78, 5) is 16.7. The van der Waals surface area contributed by atoms with Gasteiger partial charge < -0.3 is 4.57 Å². The zero-order valence-electron chi connectivity index (χ0n) is 12.1. The molecule has 21 heavy (non-hydrogen) atoms. The van der Waals surface area contributed by atoms with Gasteiger partial charge in [-0.1, -0.05) is 48.0 Å². The minimum Gasteiger partial charge on any atom is -0.324 e. The number of fused-ring (bicyclic) bond motifs is 1. The van der Waals surface area contributed by atoms with Gasteiger partial charge in [0.2, 0.25) is 5.78 Å². The first kappa shape index (κ1) is 13.3. The molecule has 0 amide bonds. The number of aryl methyl sites for hydroxylation is 2. The van der Waals surface area contributed by atoms with Gasteiger partial charge in [-0.3, -0.25) is 4.79 Å². The average molecular weight is 276 g/mol. The van der Waals surface area contributed by atoms with Crippen LogP contribution in [0, 0.1) is 6.92 Å². The second-order valence-electron chi connectivity index (χ2n) is 5.09. The van der Waals surface area contributed by atoms with E-state index in [0.717, 1.165) is 16.6 Å². The standard InChI is InChI=1S/C18H16N2O/c1-13-7-9-14(10-8-13)11-12-17(21)18-19-15-5-3-4-6-16(15)20(18)2/h3-12H,1-2H3/b12-11+. The highest BCUT2D eigenvalue weighted by molar-refractivity contribution is 6.06. The Balaban J connectivity index is 1.90. The number of para-hydroxylation sites is 2. The summed E-state index contributed by atoms with van der Waals surface area (Å²) in [6.07, 6.45) is 3.40. The van der Waals surface area contributed by atoms with E-state index in [4.69, 9.17) is 0 Å². The maximum absolute atomic E-state index is 12.3. The molecule has 0 saturated carbocycles. The number of carbonyl (C=O) groups is 1. The Morgan fingerprint density at radius 1 is 1.10 bits per heavy atom. The molecule has 0 unspecified atom stereocenters. The second-order valence-corrected chi connectivity index (χ2v) is 5.09. The zero-order chi connectivity index (χ0) is 14.8. The minimum atomic E-state index is -0.0886. The van der Waals surface area contributed by atoms with Crippen molar-refractivity contribution in [3.63, 3.8) is 0 Å². The first-order chi connectivity index (χ1) is 10.1. The Labute approximate surface area is 123 Å². The fourth-order valence-electron chi connectivity index (χ4n) is 2.29. The highest BCUT2D eigenvalue weighted by atomic mass is 16.1. The van der Waals surface area contributed by atoms with Crippen LogP contribution < -0.4 is 0 Å². The maximum Gasteiger partial charge on any atom is 0.221 e. The van der Waals surface area contributed by atoms with Gasteiger partial charge in [0.1, 0.15) is 0 Å². The summed E-state index contributed by atoms with van der Waals surface area (Å²) >= 11 is 0. The highest BCUT2D eigenvalue weighted by Gasteiger charge is 2.12. The molecule has 0 atom stereocenters. The number of rotatable bonds is 3. The number of hydrogen-bond acceptors (Lipinski definition) is 2. The molecular formula is C18H16N2O. The lowest BCUT2D eigenvalue weighted by atomic mass is 10.1. The second kappa shape index (κ2) is 5.37. The van der Waals surface area contributed by atoms with E-state index in [1.165, 1.54) is 5.56 Å². The van der Waals surface area contributed by atoms with Gasteiger partial charge in [-0.25, -0.2) is 4.98 Å². The Kier molecular flexibility index (Phi) is 3.40. The molecule has 1 heterocycles. The summed E-state index contributed by atoms with van der Waals surface area (Å²) < 4.78 is 1.83. The summed E-state index contributed by atoms with van der Waals surface area (Å²) in [7, 11) is 1.86. The molecule has 104 valence electrons. The summed E-state index contributed by atoms with van der Waals surface area (Å²) in [5.74, 6) is 0.369. The van der Waals surface area contributed by atoms with Crippen molar-refractivity contribution >= 4 is 22.9 Å². The van der Waals surface area contributed by atoms with Crippen LogP contribution in [0.1, 0.15) is 21.7 Å². The van der Waals surface area contributed by atoms with Crippen LogP contribution in [0.3, 0.4) is 0 Å². The number of carbonyl (C=O) groups excluding carboxylic acids is 1. The Bertz CT molecular complexity index is 826. The van der Waals surface area contributed by atoms with Crippen LogP contribution in [-0.2, 0) is 7.05 Å². The van der Waals surface area contributed by atoms with Crippen molar-refractivity contribution < 1.29 is 4.79 Å². The number of nitrogens with zero attached hydrogens (tertiary/aromatic N) is 2. The van der Waals surface area contributed by atoms with E-state index < -0.39 is 0 Å². The molecule has 0 aliphatic heterocycles. The highest BCUT2D eigenvalue weighted by Crippen LogP contribution is 2.15. The monoisotopic (exact) mass is 276 g/mol. The van der Waals surface area contributed by atoms with Crippen LogP contribution in [0.5, 0.6) is 0 Å². The van der Waals surface area contributed by atoms with Crippen molar-refractivity contribution in [2.45, 2.75) is 6.92 Å². The first-order valence-corrected chi connectivity index (χ1v) is 6.86.